The Hall–Kier alpha value is -2.19. The molecule has 0 aromatic heterocycles. The van der Waals surface area contributed by atoms with Gasteiger partial charge in [-0.05, 0) is 51.0 Å². The number of rotatable bonds is 18. The first-order chi connectivity index (χ1) is 21.4. The molecule has 0 amide bonds. The molecule has 8 nitrogen and oxygen atoms in total. The fourth-order valence-electron chi connectivity index (χ4n) is 10.0. The molecule has 2 bridgehead atoms. The number of carbonyl (C=O) groups excluding carboxylic acids is 3. The second kappa shape index (κ2) is 13.9. The van der Waals surface area contributed by atoms with Gasteiger partial charge >= 0.3 is 0 Å². The molecule has 2 N–H and O–H groups in total. The van der Waals surface area contributed by atoms with Crippen LogP contribution in [0, 0.1) is 40.4 Å². The maximum atomic E-state index is 15.1. The van der Waals surface area contributed by atoms with Gasteiger partial charge in [0.1, 0.15) is 29.2 Å². The smallest absolute Gasteiger partial charge is 0.293 e. The molecule has 0 aromatic rings. The largest absolute Gasteiger partial charge is 0.499 e. The lowest BCUT2D eigenvalue weighted by molar-refractivity contribution is -0.185. The van der Waals surface area contributed by atoms with Gasteiger partial charge < -0.3 is 24.4 Å². The lowest BCUT2D eigenvalue weighted by Crippen LogP contribution is -2.63. The fraction of sp³-hybridized carbons (Fsp3) is 0.811. The maximum absolute atomic E-state index is 15.1. The van der Waals surface area contributed by atoms with Crippen molar-refractivity contribution in [1.82, 2.24) is 0 Å². The number of Topliss-reactive ketones (excluding diaryl/α,β-unsaturated/α-hetero) is 1. The summed E-state index contributed by atoms with van der Waals surface area (Å²) in [6.07, 6.45) is 14.3. The average molecular weight is 631 g/mol. The van der Waals surface area contributed by atoms with Crippen LogP contribution in [0.3, 0.4) is 0 Å². The van der Waals surface area contributed by atoms with Crippen LogP contribution in [0.2, 0.25) is 0 Å². The van der Waals surface area contributed by atoms with E-state index in [1.807, 2.05) is 26.8 Å². The first-order valence-corrected chi connectivity index (χ1v) is 17.5. The zero-order valence-corrected chi connectivity index (χ0v) is 28.7. The van der Waals surface area contributed by atoms with Crippen molar-refractivity contribution < 1.29 is 38.8 Å². The van der Waals surface area contributed by atoms with Gasteiger partial charge in [0.05, 0.1) is 12.5 Å². The number of carbonyl (C=O) groups is 3. The Labute approximate surface area is 270 Å². The number of methoxy groups -OCH3 is 1. The van der Waals surface area contributed by atoms with E-state index in [4.69, 9.17) is 14.2 Å². The predicted octanol–water partition coefficient (Wildman–Crippen LogP) is 6.47. The van der Waals surface area contributed by atoms with Crippen molar-refractivity contribution >= 4 is 18.7 Å². The minimum Gasteiger partial charge on any atom is -0.499 e. The molecule has 0 aromatic carbocycles. The van der Waals surface area contributed by atoms with Gasteiger partial charge in [0.2, 0.25) is 0 Å². The number of aliphatic hydroxyl groups is 2. The zero-order chi connectivity index (χ0) is 33.2. The fourth-order valence-corrected chi connectivity index (χ4v) is 10.0. The summed E-state index contributed by atoms with van der Waals surface area (Å²) in [5, 5.41) is 24.9. The minimum absolute atomic E-state index is 0.146. The Morgan fingerprint density at radius 3 is 2.24 bits per heavy atom. The number of unbranched alkanes of at least 4 members (excludes halogenated alkanes) is 8. The quantitative estimate of drug-likeness (QED) is 0.101. The number of hydrogen-bond donors (Lipinski definition) is 2. The highest BCUT2D eigenvalue weighted by molar-refractivity contribution is 5.95. The molecule has 4 rings (SSSR count). The van der Waals surface area contributed by atoms with E-state index in [2.05, 4.69) is 13.8 Å². The predicted molar refractivity (Wildman–Crippen MR) is 172 cm³/mol. The average Bonchev–Trinajstić information content (AvgIpc) is 3.44. The summed E-state index contributed by atoms with van der Waals surface area (Å²) in [4.78, 5) is 38.2. The molecular weight excluding hydrogens is 572 g/mol. The molecule has 4 unspecified atom stereocenters. The van der Waals surface area contributed by atoms with Crippen LogP contribution in [-0.4, -0.2) is 59.5 Å². The lowest BCUT2D eigenvalue weighted by atomic mass is 9.56. The molecule has 0 aliphatic heterocycles. The Bertz CT molecular complexity index is 1150. The molecule has 0 saturated heterocycles. The Kier molecular flexibility index (Phi) is 11.0. The van der Waals surface area contributed by atoms with Gasteiger partial charge in [-0.15, -0.1) is 0 Å². The zero-order valence-electron chi connectivity index (χ0n) is 28.7. The van der Waals surface area contributed by atoms with E-state index in [1.54, 1.807) is 13.0 Å². The van der Waals surface area contributed by atoms with Crippen molar-refractivity contribution in [3.05, 3.63) is 23.5 Å². The summed E-state index contributed by atoms with van der Waals surface area (Å²) in [6, 6.07) is 0. The topological polar surface area (TPSA) is 119 Å². The Morgan fingerprint density at radius 1 is 1.04 bits per heavy atom. The summed E-state index contributed by atoms with van der Waals surface area (Å²) >= 11 is 0. The van der Waals surface area contributed by atoms with Gasteiger partial charge in [0, 0.05) is 23.2 Å². The van der Waals surface area contributed by atoms with Crippen molar-refractivity contribution in [1.29, 1.82) is 0 Å². The van der Waals surface area contributed by atoms with Gasteiger partial charge in [0.15, 0.2) is 5.78 Å². The van der Waals surface area contributed by atoms with E-state index >= 15 is 4.79 Å². The van der Waals surface area contributed by atoms with E-state index in [-0.39, 0.29) is 23.4 Å². The van der Waals surface area contributed by atoms with Gasteiger partial charge in [-0.2, -0.15) is 0 Å². The highest BCUT2D eigenvalue weighted by atomic mass is 16.6. The van der Waals surface area contributed by atoms with Gasteiger partial charge in [0.25, 0.3) is 12.9 Å². The number of hydrogen-bond acceptors (Lipinski definition) is 8. The van der Waals surface area contributed by atoms with Crippen molar-refractivity contribution in [3.63, 3.8) is 0 Å². The van der Waals surface area contributed by atoms with Crippen LogP contribution in [0.15, 0.2) is 23.5 Å². The van der Waals surface area contributed by atoms with Crippen LogP contribution in [0.25, 0.3) is 0 Å². The molecule has 8 heteroatoms. The van der Waals surface area contributed by atoms with E-state index in [1.165, 1.54) is 52.1 Å². The standard InChI is InChI=1S/C37H58O8/c1-8-9-10-11-12-13-14-15-16-17-34(6)31-28-19-30(43-7)33(41)37(42)29(18-24(2)27(5)44-22-38)25(3)20-35(37,32(28)40)26(4)21-36(31,34)45-23-39/h19-20,22-24,26-29,31,33,41-42H,8-18,21H2,1-7H3/t24?,26-,27?,28?,29+,31?,33-,34-,35+,36+,37-/m1/s1. The minimum atomic E-state index is -1.90. The van der Waals surface area contributed by atoms with Gasteiger partial charge in [-0.1, -0.05) is 97.1 Å². The second-order valence-electron chi connectivity index (χ2n) is 15.0. The maximum Gasteiger partial charge on any atom is 0.293 e. The molecule has 4 aliphatic rings. The summed E-state index contributed by atoms with van der Waals surface area (Å²) in [5.74, 6) is -2.15. The van der Waals surface area contributed by atoms with Crippen molar-refractivity contribution in [3.8, 4) is 0 Å². The van der Waals surface area contributed by atoms with Crippen molar-refractivity contribution in [2.24, 2.45) is 40.4 Å². The summed E-state index contributed by atoms with van der Waals surface area (Å²) in [6.45, 7) is 12.9. The third kappa shape index (κ3) is 5.60. The first-order valence-electron chi connectivity index (χ1n) is 17.5. The van der Waals surface area contributed by atoms with E-state index in [9.17, 15) is 19.8 Å². The molecule has 2 fully saturated rings. The van der Waals surface area contributed by atoms with Crippen LogP contribution in [0.4, 0.5) is 0 Å². The highest BCUT2D eigenvalue weighted by Gasteiger charge is 2.84. The molecule has 2 saturated carbocycles. The number of ether oxygens (including phenoxy) is 3. The third-order valence-corrected chi connectivity index (χ3v) is 12.7. The van der Waals surface area contributed by atoms with Crippen LogP contribution in [-0.2, 0) is 28.6 Å². The second-order valence-corrected chi connectivity index (χ2v) is 15.0. The molecular formula is C37H58O8. The monoisotopic (exact) mass is 630 g/mol. The number of fused-ring (bicyclic) bond motifs is 3. The first kappa shape index (κ1) is 35.7. The number of allylic oxidation sites excluding steroid dienone is 1. The summed E-state index contributed by atoms with van der Waals surface area (Å²) in [5.41, 5.74) is -3.76. The SMILES string of the molecule is CCCCCCCCCCC[C@]1(C)C2C3C=C(OC)[C@@H](O)[C@]4(O)[C@@H](CC(C)C(C)OC=O)C(C)=C[C@@]4(C3=O)[C@H](C)C[C@]21OC=O. The normalized spacial score (nSPS) is 39.7. The van der Waals surface area contributed by atoms with Crippen LogP contribution < -0.4 is 0 Å². The Morgan fingerprint density at radius 2 is 1.67 bits per heavy atom. The lowest BCUT2D eigenvalue weighted by Gasteiger charge is -2.50. The molecule has 45 heavy (non-hydrogen) atoms. The molecule has 1 spiro atoms. The number of ketones is 1. The van der Waals surface area contributed by atoms with Crippen LogP contribution in [0.1, 0.15) is 119 Å². The Balaban J connectivity index is 1.65. The molecule has 11 atom stereocenters. The third-order valence-electron chi connectivity index (χ3n) is 12.7. The van der Waals surface area contributed by atoms with Gasteiger partial charge in [-0.25, -0.2) is 0 Å². The van der Waals surface area contributed by atoms with Crippen molar-refractivity contribution in [2.45, 2.75) is 142 Å². The van der Waals surface area contributed by atoms with Gasteiger partial charge in [-0.3, -0.25) is 14.4 Å². The van der Waals surface area contributed by atoms with Crippen LogP contribution >= 0.6 is 0 Å². The highest BCUT2D eigenvalue weighted by Crippen LogP contribution is 2.77. The summed E-state index contributed by atoms with van der Waals surface area (Å²) in [7, 11) is 1.46. The van der Waals surface area contributed by atoms with E-state index in [0.717, 1.165) is 24.8 Å². The summed E-state index contributed by atoms with van der Waals surface area (Å²) < 4.78 is 17.0. The van der Waals surface area contributed by atoms with Crippen LogP contribution in [0.5, 0.6) is 0 Å². The van der Waals surface area contributed by atoms with E-state index < -0.39 is 52.0 Å². The van der Waals surface area contributed by atoms with Crippen molar-refractivity contribution in [2.75, 3.05) is 7.11 Å². The number of aliphatic hydroxyl groups excluding tert-OH is 1. The molecule has 4 aliphatic carbocycles. The molecule has 0 radical (unpaired) electrons. The molecule has 0 heterocycles. The van der Waals surface area contributed by atoms with E-state index in [0.29, 0.717) is 25.8 Å². The molecule has 254 valence electrons.